The van der Waals surface area contributed by atoms with Crippen LogP contribution in [0.2, 0.25) is 5.02 Å². The summed E-state index contributed by atoms with van der Waals surface area (Å²) < 4.78 is 30.7. The average molecular weight is 445 g/mol. The van der Waals surface area contributed by atoms with Crippen molar-refractivity contribution in [3.63, 3.8) is 0 Å². The van der Waals surface area contributed by atoms with Crippen molar-refractivity contribution < 1.29 is 17.9 Å². The number of rotatable bonds is 7. The Labute approximate surface area is 180 Å². The van der Waals surface area contributed by atoms with E-state index >= 15 is 0 Å². The average Bonchev–Trinajstić information content (AvgIpc) is 2.72. The fourth-order valence-electron chi connectivity index (χ4n) is 2.85. The maximum absolute atomic E-state index is 12.8. The van der Waals surface area contributed by atoms with E-state index in [1.807, 2.05) is 30.3 Å². The molecule has 0 aliphatic carbocycles. The van der Waals surface area contributed by atoms with Crippen LogP contribution in [0.3, 0.4) is 0 Å². The van der Waals surface area contributed by atoms with Crippen molar-refractivity contribution >= 4 is 33.2 Å². The summed E-state index contributed by atoms with van der Waals surface area (Å²) >= 11 is 6.13. The second-order valence-corrected chi connectivity index (χ2v) is 9.07. The molecule has 3 N–H and O–H groups in total. The maximum Gasteiger partial charge on any atom is 0.411 e. The lowest BCUT2D eigenvalue weighted by atomic mass is 10.2. The molecular weight excluding hydrogens is 424 g/mol. The van der Waals surface area contributed by atoms with Crippen LogP contribution in [-0.4, -0.2) is 14.5 Å². The Morgan fingerprint density at radius 3 is 2.40 bits per heavy atom. The van der Waals surface area contributed by atoms with Crippen molar-refractivity contribution in [2.75, 3.05) is 5.32 Å². The SMILES string of the molecule is NCc1cccc(S(=O)(=O)Cc2cc(Cl)cc(NC(=O)OCc3ccccc3)c2)c1. The van der Waals surface area contributed by atoms with Crippen LogP contribution in [-0.2, 0) is 33.5 Å². The van der Waals surface area contributed by atoms with E-state index in [1.54, 1.807) is 30.3 Å². The number of carbonyl (C=O) groups excluding carboxylic acids is 1. The second kappa shape index (κ2) is 9.75. The minimum absolute atomic E-state index is 0.117. The highest BCUT2D eigenvalue weighted by atomic mass is 35.5. The van der Waals surface area contributed by atoms with Gasteiger partial charge in [0.1, 0.15) is 6.61 Å². The van der Waals surface area contributed by atoms with Crippen LogP contribution in [0.25, 0.3) is 0 Å². The molecule has 6 nitrogen and oxygen atoms in total. The van der Waals surface area contributed by atoms with Crippen molar-refractivity contribution in [1.82, 2.24) is 0 Å². The molecule has 0 saturated carbocycles. The Bertz CT molecular complexity index is 1130. The third-order valence-corrected chi connectivity index (χ3v) is 6.17. The Morgan fingerprint density at radius 1 is 0.933 bits per heavy atom. The molecule has 0 radical (unpaired) electrons. The first-order chi connectivity index (χ1) is 14.4. The van der Waals surface area contributed by atoms with Gasteiger partial charge in [0, 0.05) is 17.3 Å². The van der Waals surface area contributed by atoms with Gasteiger partial charge in [0.2, 0.25) is 0 Å². The van der Waals surface area contributed by atoms with Gasteiger partial charge < -0.3 is 10.5 Å². The van der Waals surface area contributed by atoms with Gasteiger partial charge in [-0.05, 0) is 47.0 Å². The molecule has 0 aliphatic heterocycles. The van der Waals surface area contributed by atoms with E-state index in [0.717, 1.165) is 11.1 Å². The number of carbonyl (C=O) groups is 1. The van der Waals surface area contributed by atoms with Gasteiger partial charge in [-0.3, -0.25) is 5.32 Å². The van der Waals surface area contributed by atoms with Crippen molar-refractivity contribution in [3.05, 3.63) is 94.5 Å². The lowest BCUT2D eigenvalue weighted by molar-refractivity contribution is 0.155. The molecule has 0 aromatic heterocycles. The van der Waals surface area contributed by atoms with Crippen molar-refractivity contribution in [2.24, 2.45) is 5.73 Å². The Balaban J connectivity index is 1.70. The van der Waals surface area contributed by atoms with E-state index in [9.17, 15) is 13.2 Å². The fraction of sp³-hybridized carbons (Fsp3) is 0.136. The van der Waals surface area contributed by atoms with Crippen molar-refractivity contribution in [1.29, 1.82) is 0 Å². The molecule has 0 heterocycles. The zero-order chi connectivity index (χ0) is 21.6. The third-order valence-electron chi connectivity index (χ3n) is 4.27. The number of ether oxygens (including phenoxy) is 1. The first-order valence-corrected chi connectivity index (χ1v) is 11.2. The van der Waals surface area contributed by atoms with Gasteiger partial charge in [0.25, 0.3) is 0 Å². The van der Waals surface area contributed by atoms with E-state index in [1.165, 1.54) is 12.1 Å². The number of anilines is 1. The number of hydrogen-bond acceptors (Lipinski definition) is 5. The second-order valence-electron chi connectivity index (χ2n) is 6.65. The summed E-state index contributed by atoms with van der Waals surface area (Å²) in [5, 5.41) is 2.88. The molecule has 8 heteroatoms. The van der Waals surface area contributed by atoms with Crippen LogP contribution in [0, 0.1) is 0 Å². The molecular formula is C22H21ClN2O4S. The molecule has 0 aliphatic rings. The quantitative estimate of drug-likeness (QED) is 0.558. The molecule has 156 valence electrons. The summed E-state index contributed by atoms with van der Waals surface area (Å²) in [6.45, 7) is 0.367. The van der Waals surface area contributed by atoms with Gasteiger partial charge in [-0.2, -0.15) is 0 Å². The van der Waals surface area contributed by atoms with Crippen LogP contribution < -0.4 is 11.1 Å². The molecule has 1 amide bonds. The van der Waals surface area contributed by atoms with Crippen LogP contribution in [0.15, 0.2) is 77.7 Å². The molecule has 30 heavy (non-hydrogen) atoms. The summed E-state index contributed by atoms with van der Waals surface area (Å²) in [4.78, 5) is 12.3. The first kappa shape index (κ1) is 21.8. The normalized spacial score (nSPS) is 11.1. The summed E-state index contributed by atoms with van der Waals surface area (Å²) in [6.07, 6.45) is -0.662. The number of benzene rings is 3. The molecule has 3 aromatic carbocycles. The van der Waals surface area contributed by atoms with Crippen molar-refractivity contribution in [2.45, 2.75) is 23.8 Å². The fourth-order valence-corrected chi connectivity index (χ4v) is 4.50. The van der Waals surface area contributed by atoms with Crippen molar-refractivity contribution in [3.8, 4) is 0 Å². The molecule has 0 saturated heterocycles. The standard InChI is InChI=1S/C22H21ClN2O4S/c23-19-9-18(15-30(27,28)21-8-4-7-17(11-21)13-24)10-20(12-19)25-22(26)29-14-16-5-2-1-3-6-16/h1-12H,13-15,24H2,(H,25,26). The number of nitrogens with one attached hydrogen (secondary N) is 1. The highest BCUT2D eigenvalue weighted by Crippen LogP contribution is 2.24. The van der Waals surface area contributed by atoms with Crippen LogP contribution >= 0.6 is 11.6 Å². The number of nitrogens with two attached hydrogens (primary N) is 1. The number of amides is 1. The molecule has 0 unspecified atom stereocenters. The van der Waals surface area contributed by atoms with Gasteiger partial charge in [-0.1, -0.05) is 54.1 Å². The molecule has 3 aromatic rings. The smallest absolute Gasteiger partial charge is 0.411 e. The maximum atomic E-state index is 12.8. The molecule has 0 bridgehead atoms. The predicted octanol–water partition coefficient (Wildman–Crippen LogP) is 4.52. The third kappa shape index (κ3) is 6.06. The van der Waals surface area contributed by atoms with E-state index in [4.69, 9.17) is 22.1 Å². The highest BCUT2D eigenvalue weighted by Gasteiger charge is 2.17. The van der Waals surface area contributed by atoms with Gasteiger partial charge >= 0.3 is 6.09 Å². The van der Waals surface area contributed by atoms with E-state index in [-0.39, 0.29) is 23.8 Å². The molecule has 0 fully saturated rings. The molecule has 0 spiro atoms. The summed E-state index contributed by atoms with van der Waals surface area (Å²) in [6, 6.07) is 20.4. The first-order valence-electron chi connectivity index (χ1n) is 9.15. The van der Waals surface area contributed by atoms with E-state index in [0.29, 0.717) is 16.3 Å². The van der Waals surface area contributed by atoms with E-state index < -0.39 is 15.9 Å². The minimum atomic E-state index is -3.61. The summed E-state index contributed by atoms with van der Waals surface area (Å²) in [7, 11) is -3.61. The van der Waals surface area contributed by atoms with Gasteiger partial charge in [-0.15, -0.1) is 0 Å². The number of hydrogen-bond donors (Lipinski definition) is 2. The number of sulfone groups is 1. The van der Waals surface area contributed by atoms with Gasteiger partial charge in [0.15, 0.2) is 9.84 Å². The Kier molecular flexibility index (Phi) is 7.10. The summed E-state index contributed by atoms with van der Waals surface area (Å²) in [5.74, 6) is -0.269. The number of halogens is 1. The van der Waals surface area contributed by atoms with Crippen LogP contribution in [0.1, 0.15) is 16.7 Å². The lowest BCUT2D eigenvalue weighted by Gasteiger charge is -2.11. The Morgan fingerprint density at radius 2 is 1.67 bits per heavy atom. The van der Waals surface area contributed by atoms with Gasteiger partial charge in [-0.25, -0.2) is 13.2 Å². The summed E-state index contributed by atoms with van der Waals surface area (Å²) in [5.41, 5.74) is 7.97. The Hall–Kier alpha value is -2.87. The molecule has 3 rings (SSSR count). The zero-order valence-corrected chi connectivity index (χ0v) is 17.6. The van der Waals surface area contributed by atoms with E-state index in [2.05, 4.69) is 5.32 Å². The monoisotopic (exact) mass is 444 g/mol. The lowest BCUT2D eigenvalue weighted by Crippen LogP contribution is -2.14. The van der Waals surface area contributed by atoms with Crippen LogP contribution in [0.4, 0.5) is 10.5 Å². The minimum Gasteiger partial charge on any atom is -0.444 e. The predicted molar refractivity (Wildman–Crippen MR) is 117 cm³/mol. The van der Waals surface area contributed by atoms with Gasteiger partial charge in [0.05, 0.1) is 10.6 Å². The van der Waals surface area contributed by atoms with Crippen LogP contribution in [0.5, 0.6) is 0 Å². The molecule has 0 atom stereocenters. The zero-order valence-electron chi connectivity index (χ0n) is 16.0. The largest absolute Gasteiger partial charge is 0.444 e. The highest BCUT2D eigenvalue weighted by molar-refractivity contribution is 7.90. The topological polar surface area (TPSA) is 98.5 Å².